The minimum Gasteiger partial charge on any atom is -0.508 e. The lowest BCUT2D eigenvalue weighted by molar-refractivity contribution is 0.000861. The SMILES string of the molecule is COc1cc(CN2CCN(C)CC2)ccc1OCC[C@H]1CCC2C3C(CCC21C)c1ccc(O)cc1C[C@H]3C. The summed E-state index contributed by atoms with van der Waals surface area (Å²) in [6.07, 6.45) is 7.49. The number of phenolic OH excluding ortho intramolecular Hbond substituents is 1. The number of phenols is 1. The Balaban J connectivity index is 1.08. The zero-order valence-corrected chi connectivity index (χ0v) is 24.5. The molecule has 3 fully saturated rings. The molecule has 0 amide bonds. The molecule has 6 atom stereocenters. The summed E-state index contributed by atoms with van der Waals surface area (Å²) < 4.78 is 12.2. The molecule has 39 heavy (non-hydrogen) atoms. The van der Waals surface area contributed by atoms with E-state index >= 15 is 0 Å². The topological polar surface area (TPSA) is 45.2 Å². The molecule has 2 saturated carbocycles. The van der Waals surface area contributed by atoms with Crippen LogP contribution < -0.4 is 9.47 Å². The Bertz CT molecular complexity index is 1160. The number of aromatic hydroxyl groups is 1. The van der Waals surface area contributed by atoms with Gasteiger partial charge in [-0.1, -0.05) is 26.0 Å². The summed E-state index contributed by atoms with van der Waals surface area (Å²) in [5.74, 6) is 5.77. The Hall–Kier alpha value is -2.24. The molecule has 1 aliphatic heterocycles. The van der Waals surface area contributed by atoms with Gasteiger partial charge in [-0.15, -0.1) is 0 Å². The van der Waals surface area contributed by atoms with Crippen molar-refractivity contribution >= 4 is 0 Å². The molecule has 0 aromatic heterocycles. The summed E-state index contributed by atoms with van der Waals surface area (Å²) in [7, 11) is 3.96. The maximum atomic E-state index is 10.1. The number of hydrogen-bond acceptors (Lipinski definition) is 5. The largest absolute Gasteiger partial charge is 0.508 e. The molecule has 0 spiro atoms. The lowest BCUT2D eigenvalue weighted by Gasteiger charge is -2.53. The van der Waals surface area contributed by atoms with Gasteiger partial charge in [0.2, 0.25) is 0 Å². The predicted octanol–water partition coefficient (Wildman–Crippen LogP) is 6.34. The molecule has 4 unspecified atom stereocenters. The van der Waals surface area contributed by atoms with Crippen molar-refractivity contribution in [1.82, 2.24) is 9.80 Å². The van der Waals surface area contributed by atoms with Crippen LogP contribution in [0.1, 0.15) is 68.6 Å². The van der Waals surface area contributed by atoms with E-state index in [9.17, 15) is 5.11 Å². The van der Waals surface area contributed by atoms with Crippen molar-refractivity contribution in [3.8, 4) is 17.2 Å². The molecule has 0 radical (unpaired) electrons. The zero-order chi connectivity index (χ0) is 27.1. The molecule has 5 heteroatoms. The molecule has 212 valence electrons. The zero-order valence-electron chi connectivity index (χ0n) is 24.5. The van der Waals surface area contributed by atoms with E-state index < -0.39 is 0 Å². The molecule has 3 aliphatic carbocycles. The van der Waals surface area contributed by atoms with Gasteiger partial charge in [-0.3, -0.25) is 4.90 Å². The molecule has 1 saturated heterocycles. The van der Waals surface area contributed by atoms with E-state index in [-0.39, 0.29) is 0 Å². The lowest BCUT2D eigenvalue weighted by atomic mass is 9.51. The highest BCUT2D eigenvalue weighted by atomic mass is 16.5. The van der Waals surface area contributed by atoms with E-state index in [0.29, 0.717) is 23.0 Å². The van der Waals surface area contributed by atoms with Gasteiger partial charge in [0, 0.05) is 32.7 Å². The van der Waals surface area contributed by atoms with Crippen LogP contribution in [0.2, 0.25) is 0 Å². The monoisotopic (exact) mass is 532 g/mol. The number of piperazine rings is 1. The van der Waals surface area contributed by atoms with Crippen LogP contribution in [0, 0.1) is 29.1 Å². The maximum absolute atomic E-state index is 10.1. The second kappa shape index (κ2) is 11.0. The number of methoxy groups -OCH3 is 1. The van der Waals surface area contributed by atoms with Gasteiger partial charge in [0.05, 0.1) is 13.7 Å². The second-order valence-electron chi connectivity index (χ2n) is 13.4. The summed E-state index contributed by atoms with van der Waals surface area (Å²) in [6.45, 7) is 11.3. The minimum atomic E-state index is 0.406. The first-order valence-electron chi connectivity index (χ1n) is 15.4. The van der Waals surface area contributed by atoms with E-state index in [0.717, 1.165) is 81.4 Å². The number of nitrogens with zero attached hydrogens (tertiary/aromatic N) is 2. The number of fused-ring (bicyclic) bond motifs is 5. The third kappa shape index (κ3) is 5.17. The van der Waals surface area contributed by atoms with E-state index in [1.165, 1.54) is 42.4 Å². The Morgan fingerprint density at radius 2 is 1.82 bits per heavy atom. The lowest BCUT2D eigenvalue weighted by Crippen LogP contribution is -2.45. The molecule has 1 heterocycles. The maximum Gasteiger partial charge on any atom is 0.161 e. The van der Waals surface area contributed by atoms with E-state index in [2.05, 4.69) is 55.0 Å². The number of benzene rings is 2. The predicted molar refractivity (Wildman–Crippen MR) is 157 cm³/mol. The van der Waals surface area contributed by atoms with Crippen molar-refractivity contribution in [2.45, 2.75) is 64.8 Å². The fourth-order valence-corrected chi connectivity index (χ4v) is 9.05. The van der Waals surface area contributed by atoms with Crippen molar-refractivity contribution in [3.63, 3.8) is 0 Å². The van der Waals surface area contributed by atoms with Crippen molar-refractivity contribution < 1.29 is 14.6 Å². The number of ether oxygens (including phenoxy) is 2. The molecule has 5 nitrogen and oxygen atoms in total. The molecule has 2 aromatic carbocycles. The summed E-state index contributed by atoms with van der Waals surface area (Å²) in [5.41, 5.74) is 4.61. The Morgan fingerprint density at radius 3 is 2.62 bits per heavy atom. The number of likely N-dealkylation sites (N-methyl/N-ethyl adjacent to an activating group) is 1. The summed E-state index contributed by atoms with van der Waals surface area (Å²) in [6, 6.07) is 12.7. The normalized spacial score (nSPS) is 32.8. The Labute approximate surface area is 235 Å². The first-order valence-corrected chi connectivity index (χ1v) is 15.4. The fourth-order valence-electron chi connectivity index (χ4n) is 9.05. The van der Waals surface area contributed by atoms with Gasteiger partial charge in [-0.2, -0.15) is 0 Å². The standard InChI is InChI=1S/C34H48N2O3/c1-23-19-25-21-27(37)7-8-28(25)29-11-13-34(2)26(6-9-30(34)33(23)29)12-18-39-31-10-5-24(20-32(31)38-4)22-36-16-14-35(3)15-17-36/h5,7-8,10,20-21,23,26,29-30,33,37H,6,9,11-19,22H2,1-4H3/t23-,26-,29?,30?,33?,34?/m1/s1. The van der Waals surface area contributed by atoms with Crippen LogP contribution in [0.5, 0.6) is 17.2 Å². The first kappa shape index (κ1) is 27.0. The van der Waals surface area contributed by atoms with E-state index in [1.807, 2.05) is 12.1 Å². The van der Waals surface area contributed by atoms with E-state index in [4.69, 9.17) is 9.47 Å². The second-order valence-corrected chi connectivity index (χ2v) is 13.4. The van der Waals surface area contributed by atoms with Crippen molar-refractivity contribution in [3.05, 3.63) is 53.1 Å². The highest BCUT2D eigenvalue weighted by Crippen LogP contribution is 2.64. The molecule has 1 N–H and O–H groups in total. The highest BCUT2D eigenvalue weighted by Gasteiger charge is 2.55. The van der Waals surface area contributed by atoms with Crippen LogP contribution in [0.15, 0.2) is 36.4 Å². The average Bonchev–Trinajstić information content (AvgIpc) is 3.26. The smallest absolute Gasteiger partial charge is 0.161 e. The third-order valence-electron chi connectivity index (χ3n) is 11.2. The highest BCUT2D eigenvalue weighted by molar-refractivity contribution is 5.43. The Kier molecular flexibility index (Phi) is 7.58. The van der Waals surface area contributed by atoms with Gasteiger partial charge >= 0.3 is 0 Å². The number of rotatable bonds is 7. The number of hydrogen-bond donors (Lipinski definition) is 1. The summed E-state index contributed by atoms with van der Waals surface area (Å²) in [5, 5.41) is 10.1. The first-order chi connectivity index (χ1) is 18.9. The average molecular weight is 533 g/mol. The Morgan fingerprint density at radius 1 is 1.00 bits per heavy atom. The van der Waals surface area contributed by atoms with Crippen LogP contribution in [0.25, 0.3) is 0 Å². The molecular weight excluding hydrogens is 484 g/mol. The molecule has 0 bridgehead atoms. The van der Waals surface area contributed by atoms with Gasteiger partial charge in [-0.25, -0.2) is 0 Å². The van der Waals surface area contributed by atoms with Crippen molar-refractivity contribution in [2.75, 3.05) is 46.9 Å². The van der Waals surface area contributed by atoms with Gasteiger partial charge < -0.3 is 19.5 Å². The van der Waals surface area contributed by atoms with Crippen LogP contribution in [0.4, 0.5) is 0 Å². The quantitative estimate of drug-likeness (QED) is 0.451. The fraction of sp³-hybridized carbons (Fsp3) is 0.647. The minimum absolute atomic E-state index is 0.406. The third-order valence-corrected chi connectivity index (χ3v) is 11.2. The summed E-state index contributed by atoms with van der Waals surface area (Å²) in [4.78, 5) is 4.92. The molecule has 6 rings (SSSR count). The van der Waals surface area contributed by atoms with Gasteiger partial charge in [0.25, 0.3) is 0 Å². The van der Waals surface area contributed by atoms with Crippen LogP contribution >= 0.6 is 0 Å². The van der Waals surface area contributed by atoms with Gasteiger partial charge in [0.1, 0.15) is 5.75 Å². The van der Waals surface area contributed by atoms with Gasteiger partial charge in [-0.05, 0) is 122 Å². The van der Waals surface area contributed by atoms with Crippen LogP contribution in [-0.2, 0) is 13.0 Å². The van der Waals surface area contributed by atoms with Crippen molar-refractivity contribution in [2.24, 2.45) is 29.1 Å². The molecular formula is C34H48N2O3. The van der Waals surface area contributed by atoms with Gasteiger partial charge in [0.15, 0.2) is 11.5 Å². The summed E-state index contributed by atoms with van der Waals surface area (Å²) >= 11 is 0. The van der Waals surface area contributed by atoms with Crippen molar-refractivity contribution in [1.29, 1.82) is 0 Å². The van der Waals surface area contributed by atoms with Crippen LogP contribution in [0.3, 0.4) is 0 Å². The molecule has 2 aromatic rings. The van der Waals surface area contributed by atoms with E-state index in [1.54, 1.807) is 7.11 Å². The van der Waals surface area contributed by atoms with Crippen LogP contribution in [-0.4, -0.2) is 61.8 Å². The molecule has 4 aliphatic rings.